The molecule has 1 heterocycles. The third-order valence-corrected chi connectivity index (χ3v) is 4.83. The van der Waals surface area contributed by atoms with E-state index in [1.165, 1.54) is 14.0 Å². The zero-order chi connectivity index (χ0) is 21.0. The molecule has 152 valence electrons. The van der Waals surface area contributed by atoms with Gasteiger partial charge in [0, 0.05) is 18.7 Å². The summed E-state index contributed by atoms with van der Waals surface area (Å²) < 4.78 is 10.5. The number of hydrogen-bond donors (Lipinski definition) is 1. The van der Waals surface area contributed by atoms with Crippen LogP contribution in [0.3, 0.4) is 0 Å². The molecule has 29 heavy (non-hydrogen) atoms. The van der Waals surface area contributed by atoms with Crippen LogP contribution in [0.2, 0.25) is 0 Å². The number of para-hydroxylation sites is 2. The van der Waals surface area contributed by atoms with Crippen LogP contribution in [-0.2, 0) is 19.1 Å². The number of amides is 2. The van der Waals surface area contributed by atoms with Gasteiger partial charge in [-0.15, -0.1) is 0 Å². The van der Waals surface area contributed by atoms with Crippen molar-refractivity contribution in [3.8, 4) is 5.75 Å². The van der Waals surface area contributed by atoms with Gasteiger partial charge in [-0.3, -0.25) is 14.4 Å². The number of nitrogens with zero attached hydrogens (tertiary/aromatic N) is 1. The first kappa shape index (κ1) is 20.4. The molecule has 0 spiro atoms. The number of carbonyl (C=O) groups is 3. The zero-order valence-corrected chi connectivity index (χ0v) is 16.7. The second kappa shape index (κ2) is 8.77. The van der Waals surface area contributed by atoms with Gasteiger partial charge in [0.2, 0.25) is 5.91 Å². The van der Waals surface area contributed by atoms with E-state index in [4.69, 9.17) is 9.47 Å². The normalized spacial score (nSPS) is 17.0. The number of hydrogen-bond acceptors (Lipinski definition) is 5. The van der Waals surface area contributed by atoms with E-state index >= 15 is 0 Å². The fraction of sp³-hybridized carbons (Fsp3) is 0.318. The lowest BCUT2D eigenvalue weighted by Gasteiger charge is -2.18. The van der Waals surface area contributed by atoms with Crippen molar-refractivity contribution in [1.82, 2.24) is 0 Å². The van der Waals surface area contributed by atoms with Crippen LogP contribution in [0.4, 0.5) is 11.4 Å². The number of esters is 1. The van der Waals surface area contributed by atoms with Gasteiger partial charge in [0.25, 0.3) is 5.91 Å². The lowest BCUT2D eigenvalue weighted by Crippen LogP contribution is -2.33. The maximum absolute atomic E-state index is 12.5. The Kier molecular flexibility index (Phi) is 6.16. The Morgan fingerprint density at radius 2 is 1.83 bits per heavy atom. The maximum atomic E-state index is 12.5. The van der Waals surface area contributed by atoms with Gasteiger partial charge in [0.15, 0.2) is 6.10 Å². The van der Waals surface area contributed by atoms with E-state index < -0.39 is 23.9 Å². The highest BCUT2D eigenvalue weighted by molar-refractivity contribution is 6.00. The topological polar surface area (TPSA) is 84.9 Å². The third-order valence-electron chi connectivity index (χ3n) is 4.83. The quantitative estimate of drug-likeness (QED) is 0.759. The van der Waals surface area contributed by atoms with Crippen LogP contribution in [0.1, 0.15) is 18.9 Å². The van der Waals surface area contributed by atoms with Crippen LogP contribution < -0.4 is 15.0 Å². The molecule has 2 aromatic carbocycles. The van der Waals surface area contributed by atoms with Crippen LogP contribution in [0, 0.1) is 12.8 Å². The minimum atomic E-state index is -1.00. The average molecular weight is 396 g/mol. The Morgan fingerprint density at radius 1 is 1.14 bits per heavy atom. The lowest BCUT2D eigenvalue weighted by molar-refractivity contribution is -0.157. The highest BCUT2D eigenvalue weighted by atomic mass is 16.5. The monoisotopic (exact) mass is 396 g/mol. The Balaban J connectivity index is 1.59. The first-order valence-corrected chi connectivity index (χ1v) is 9.40. The van der Waals surface area contributed by atoms with Crippen LogP contribution in [-0.4, -0.2) is 37.5 Å². The fourth-order valence-corrected chi connectivity index (χ4v) is 3.15. The summed E-state index contributed by atoms with van der Waals surface area (Å²) in [6.07, 6.45) is -0.941. The number of aryl methyl sites for hydroxylation is 1. The van der Waals surface area contributed by atoms with Gasteiger partial charge in [0.05, 0.1) is 18.7 Å². The van der Waals surface area contributed by atoms with Crippen molar-refractivity contribution in [2.75, 3.05) is 23.9 Å². The van der Waals surface area contributed by atoms with Crippen molar-refractivity contribution in [3.63, 3.8) is 0 Å². The summed E-state index contributed by atoms with van der Waals surface area (Å²) in [5.41, 5.74) is 2.33. The molecule has 7 nitrogen and oxygen atoms in total. The van der Waals surface area contributed by atoms with Crippen molar-refractivity contribution in [2.24, 2.45) is 5.92 Å². The minimum absolute atomic E-state index is 0.0631. The molecule has 0 saturated carbocycles. The molecule has 0 aromatic heterocycles. The summed E-state index contributed by atoms with van der Waals surface area (Å²) in [7, 11) is 1.51. The van der Waals surface area contributed by atoms with Gasteiger partial charge in [0.1, 0.15) is 5.75 Å². The van der Waals surface area contributed by atoms with E-state index in [9.17, 15) is 14.4 Å². The number of carbonyl (C=O) groups excluding carboxylic acids is 3. The molecule has 1 aliphatic heterocycles. The number of ether oxygens (including phenoxy) is 2. The van der Waals surface area contributed by atoms with Crippen LogP contribution in [0.15, 0.2) is 48.5 Å². The molecule has 1 aliphatic rings. The summed E-state index contributed by atoms with van der Waals surface area (Å²) in [5.74, 6) is -1.26. The van der Waals surface area contributed by atoms with E-state index in [0.717, 1.165) is 11.3 Å². The predicted octanol–water partition coefficient (Wildman–Crippen LogP) is 2.93. The number of benzene rings is 2. The maximum Gasteiger partial charge on any atom is 0.312 e. The Hall–Kier alpha value is -3.35. The Morgan fingerprint density at radius 3 is 2.52 bits per heavy atom. The minimum Gasteiger partial charge on any atom is -0.495 e. The summed E-state index contributed by atoms with van der Waals surface area (Å²) >= 11 is 0. The molecule has 7 heteroatoms. The van der Waals surface area contributed by atoms with E-state index in [1.54, 1.807) is 29.2 Å². The number of nitrogens with one attached hydrogen (secondary N) is 1. The fourth-order valence-electron chi connectivity index (χ4n) is 3.15. The number of anilines is 2. The van der Waals surface area contributed by atoms with Gasteiger partial charge in [-0.25, -0.2) is 0 Å². The highest BCUT2D eigenvalue weighted by Gasteiger charge is 2.37. The van der Waals surface area contributed by atoms with Gasteiger partial charge < -0.3 is 19.7 Å². The molecule has 0 bridgehead atoms. The second-order valence-electron chi connectivity index (χ2n) is 7.01. The molecule has 2 amide bonds. The molecule has 1 N–H and O–H groups in total. The molecular formula is C22H24N2O5. The smallest absolute Gasteiger partial charge is 0.312 e. The third kappa shape index (κ3) is 4.74. The highest BCUT2D eigenvalue weighted by Crippen LogP contribution is 2.27. The summed E-state index contributed by atoms with van der Waals surface area (Å²) in [4.78, 5) is 38.8. The Bertz CT molecular complexity index is 910. The molecule has 1 fully saturated rings. The van der Waals surface area contributed by atoms with Gasteiger partial charge >= 0.3 is 5.97 Å². The van der Waals surface area contributed by atoms with Gasteiger partial charge in [-0.05, 0) is 38.1 Å². The predicted molar refractivity (Wildman–Crippen MR) is 109 cm³/mol. The van der Waals surface area contributed by atoms with E-state index in [2.05, 4.69) is 5.32 Å². The Labute approximate surface area is 169 Å². The van der Waals surface area contributed by atoms with Gasteiger partial charge in [-0.2, -0.15) is 0 Å². The molecule has 2 atom stereocenters. The van der Waals surface area contributed by atoms with Crippen molar-refractivity contribution in [2.45, 2.75) is 26.4 Å². The largest absolute Gasteiger partial charge is 0.495 e. The van der Waals surface area contributed by atoms with Crippen molar-refractivity contribution >= 4 is 29.2 Å². The van der Waals surface area contributed by atoms with E-state index in [-0.39, 0.29) is 18.9 Å². The molecule has 1 saturated heterocycles. The molecule has 0 unspecified atom stereocenters. The molecule has 2 aromatic rings. The first-order chi connectivity index (χ1) is 13.9. The average Bonchev–Trinajstić information content (AvgIpc) is 3.10. The standard InChI is InChI=1S/C22H24N2O5/c1-14-8-10-17(11-9-14)24-13-16(12-20(24)25)22(27)29-15(2)21(26)23-18-6-4-5-7-19(18)28-3/h4-11,15-16H,12-13H2,1-3H3,(H,23,26)/t15-,16+/m0/s1. The van der Waals surface area contributed by atoms with Crippen molar-refractivity contribution in [3.05, 3.63) is 54.1 Å². The summed E-state index contributed by atoms with van der Waals surface area (Å²) in [6, 6.07) is 14.5. The van der Waals surface area contributed by atoms with E-state index in [1.807, 2.05) is 31.2 Å². The lowest BCUT2D eigenvalue weighted by atomic mass is 10.1. The zero-order valence-electron chi connectivity index (χ0n) is 16.7. The number of methoxy groups -OCH3 is 1. The van der Waals surface area contributed by atoms with Crippen LogP contribution in [0.5, 0.6) is 5.75 Å². The molecular weight excluding hydrogens is 372 g/mol. The second-order valence-corrected chi connectivity index (χ2v) is 7.01. The van der Waals surface area contributed by atoms with Crippen LogP contribution >= 0.6 is 0 Å². The van der Waals surface area contributed by atoms with Crippen molar-refractivity contribution in [1.29, 1.82) is 0 Å². The van der Waals surface area contributed by atoms with E-state index in [0.29, 0.717) is 11.4 Å². The number of rotatable bonds is 6. The first-order valence-electron chi connectivity index (χ1n) is 9.40. The van der Waals surface area contributed by atoms with Crippen LogP contribution in [0.25, 0.3) is 0 Å². The summed E-state index contributed by atoms with van der Waals surface area (Å²) in [6.45, 7) is 3.70. The molecule has 0 aliphatic carbocycles. The molecule has 0 radical (unpaired) electrons. The van der Waals surface area contributed by atoms with Gasteiger partial charge in [-0.1, -0.05) is 29.8 Å². The summed E-state index contributed by atoms with van der Waals surface area (Å²) in [5, 5.41) is 2.69. The SMILES string of the molecule is COc1ccccc1NC(=O)[C@H](C)OC(=O)[C@@H]1CC(=O)N(c2ccc(C)cc2)C1. The van der Waals surface area contributed by atoms with Crippen molar-refractivity contribution < 1.29 is 23.9 Å². The molecule has 3 rings (SSSR count).